The molecule has 11 nitrogen and oxygen atoms in total. The van der Waals surface area contributed by atoms with Crippen LogP contribution in [0.15, 0.2) is 36.4 Å². The molecule has 1 aromatic rings. The highest BCUT2D eigenvalue weighted by Crippen LogP contribution is 2.60. The average molecular weight is 653 g/mol. The molecule has 256 valence electrons. The number of esters is 2. The van der Waals surface area contributed by atoms with Crippen molar-refractivity contribution in [3.8, 4) is 0 Å². The first-order valence-electron chi connectivity index (χ1n) is 17.2. The molecule has 12 atom stereocenters. The lowest BCUT2D eigenvalue weighted by molar-refractivity contribution is -0.204. The quantitative estimate of drug-likeness (QED) is 0.320. The number of ketones is 1. The van der Waals surface area contributed by atoms with Gasteiger partial charge >= 0.3 is 11.9 Å². The maximum absolute atomic E-state index is 14.1. The Morgan fingerprint density at radius 1 is 1.00 bits per heavy atom. The topological polar surface area (TPSA) is 143 Å². The van der Waals surface area contributed by atoms with E-state index in [2.05, 4.69) is 16.0 Å². The fourth-order valence-corrected chi connectivity index (χ4v) is 9.02. The third-order valence-electron chi connectivity index (χ3n) is 11.3. The van der Waals surface area contributed by atoms with Gasteiger partial charge in [0, 0.05) is 55.8 Å². The number of aromatic nitrogens is 2. The van der Waals surface area contributed by atoms with E-state index >= 15 is 0 Å². The van der Waals surface area contributed by atoms with E-state index in [1.54, 1.807) is 19.5 Å². The maximum atomic E-state index is 14.1. The first kappa shape index (κ1) is 33.9. The molecule has 3 aliphatic carbocycles. The summed E-state index contributed by atoms with van der Waals surface area (Å²) in [5.41, 5.74) is 1.66. The van der Waals surface area contributed by atoms with Crippen LogP contribution in [-0.2, 0) is 38.1 Å². The number of aliphatic hydroxyl groups excluding tert-OH is 1. The van der Waals surface area contributed by atoms with Crippen molar-refractivity contribution >= 4 is 23.3 Å². The van der Waals surface area contributed by atoms with Crippen LogP contribution in [-0.4, -0.2) is 84.3 Å². The third-order valence-corrected chi connectivity index (χ3v) is 11.3. The van der Waals surface area contributed by atoms with Gasteiger partial charge in [-0.15, -0.1) is 0 Å². The number of hydrogen-bond donors (Lipinski definition) is 1. The van der Waals surface area contributed by atoms with E-state index in [1.165, 1.54) is 13.4 Å². The van der Waals surface area contributed by atoms with Crippen molar-refractivity contribution in [1.82, 2.24) is 9.97 Å². The lowest BCUT2D eigenvalue weighted by Crippen LogP contribution is -2.51. The number of hydrogen-bond acceptors (Lipinski definition) is 11. The predicted octanol–water partition coefficient (Wildman–Crippen LogP) is 4.09. The van der Waals surface area contributed by atoms with Gasteiger partial charge in [0.25, 0.3) is 0 Å². The molecule has 0 aromatic carbocycles. The summed E-state index contributed by atoms with van der Waals surface area (Å²) in [5.74, 6) is -1.78. The summed E-state index contributed by atoms with van der Waals surface area (Å²) in [7, 11) is 3.05. The predicted molar refractivity (Wildman–Crippen MR) is 169 cm³/mol. The molecule has 0 radical (unpaired) electrons. The lowest BCUT2D eigenvalue weighted by atomic mass is 9.59. The first-order chi connectivity index (χ1) is 22.7. The van der Waals surface area contributed by atoms with Gasteiger partial charge in [-0.2, -0.15) is 0 Å². The average Bonchev–Trinajstić information content (AvgIpc) is 3.66. The van der Waals surface area contributed by atoms with Crippen molar-refractivity contribution in [3.05, 3.63) is 42.0 Å². The van der Waals surface area contributed by atoms with Gasteiger partial charge in [-0.05, 0) is 61.9 Å². The Kier molecular flexibility index (Phi) is 10.6. The van der Waals surface area contributed by atoms with Crippen molar-refractivity contribution in [2.24, 2.45) is 41.4 Å². The van der Waals surface area contributed by atoms with Crippen LogP contribution in [0.2, 0.25) is 0 Å². The highest BCUT2D eigenvalue weighted by Gasteiger charge is 2.61. The molecule has 47 heavy (non-hydrogen) atoms. The standard InChI is InChI=1S/C36H48N2O9/c1-5-21-9-7-6-8-19(2)33(40)28-13-26-24-10-22(46-36(42)30(44-4)17-43-3)11-25(24)29-12-23(20-15-37-18-38-16-20)35(41)47-34(29)32(26)27(28)14-31(39)45-21/h12-13,15-16,18-19,21-22,24-27,29-30,32,34,36,42H,5-11,14,17H2,1-4H3/t19-,21+,22+,24-,25?,26?,27-,29?,30+,32-,34?,36?/m1/s1. The van der Waals surface area contributed by atoms with E-state index < -0.39 is 30.4 Å². The lowest BCUT2D eigenvalue weighted by Gasteiger charge is -2.49. The van der Waals surface area contributed by atoms with Crippen molar-refractivity contribution in [2.45, 2.75) is 95.9 Å². The molecule has 3 fully saturated rings. The molecule has 11 heteroatoms. The summed E-state index contributed by atoms with van der Waals surface area (Å²) < 4.78 is 29.2. The Balaban J connectivity index is 1.38. The van der Waals surface area contributed by atoms with Gasteiger partial charge < -0.3 is 28.8 Å². The minimum Gasteiger partial charge on any atom is -0.462 e. The van der Waals surface area contributed by atoms with Gasteiger partial charge in [0.05, 0.1) is 24.7 Å². The van der Waals surface area contributed by atoms with E-state index in [1.807, 2.05) is 19.9 Å². The Morgan fingerprint density at radius 3 is 2.43 bits per heavy atom. The van der Waals surface area contributed by atoms with Gasteiger partial charge in [0.15, 0.2) is 12.1 Å². The third kappa shape index (κ3) is 6.82. The van der Waals surface area contributed by atoms with Crippen LogP contribution in [0.5, 0.6) is 0 Å². The molecular weight excluding hydrogens is 604 g/mol. The van der Waals surface area contributed by atoms with Crippen molar-refractivity contribution in [1.29, 1.82) is 0 Å². The van der Waals surface area contributed by atoms with Crippen LogP contribution in [0.4, 0.5) is 0 Å². The number of nitrogens with zero attached hydrogens (tertiary/aromatic N) is 2. The SMILES string of the molecule is CC[C@H]1CCCC[C@@H](C)C(=O)C2=CC3[C@@H]4C[C@H](OC(O)[C@H](COC)OC)CC4C4C=C(c5cncnc5)C(=O)OC4[C@H]3[C@@H]2CC(=O)O1. The molecular formula is C36H48N2O9. The molecule has 0 spiro atoms. The van der Waals surface area contributed by atoms with E-state index in [4.69, 9.17) is 23.7 Å². The highest BCUT2D eigenvalue weighted by molar-refractivity contribution is 6.17. The first-order valence-corrected chi connectivity index (χ1v) is 17.2. The number of carbonyl (C=O) groups excluding carboxylic acids is 3. The Morgan fingerprint density at radius 2 is 1.72 bits per heavy atom. The van der Waals surface area contributed by atoms with E-state index in [9.17, 15) is 19.5 Å². The van der Waals surface area contributed by atoms with Crippen molar-refractivity contribution < 1.29 is 43.2 Å². The molecule has 5 aliphatic rings. The summed E-state index contributed by atoms with van der Waals surface area (Å²) in [6.07, 6.45) is 11.3. The molecule has 6 rings (SSSR count). The molecule has 3 heterocycles. The second-order valence-corrected chi connectivity index (χ2v) is 14.0. The molecule has 1 saturated heterocycles. The number of Topliss-reactive ketones (excluding diaryl/α,β-unsaturated/α-hetero) is 1. The fraction of sp³-hybridized carbons (Fsp3) is 0.694. The summed E-state index contributed by atoms with van der Waals surface area (Å²) in [6.45, 7) is 4.19. The minimum atomic E-state index is -1.19. The van der Waals surface area contributed by atoms with Crippen LogP contribution >= 0.6 is 0 Å². The normalized spacial score (nSPS) is 37.0. The zero-order valence-corrected chi connectivity index (χ0v) is 27.8. The molecule has 1 aromatic heterocycles. The van der Waals surface area contributed by atoms with Gasteiger partial charge in [-0.25, -0.2) is 14.8 Å². The second kappa shape index (κ2) is 14.6. The molecule has 2 aliphatic heterocycles. The number of rotatable bonds is 8. The molecule has 1 N–H and O–H groups in total. The minimum absolute atomic E-state index is 0.0388. The summed E-state index contributed by atoms with van der Waals surface area (Å²) >= 11 is 0. The van der Waals surface area contributed by atoms with Crippen molar-refractivity contribution in [3.63, 3.8) is 0 Å². The molecule has 0 amide bonds. The zero-order chi connectivity index (χ0) is 33.2. The van der Waals surface area contributed by atoms with Gasteiger partial charge in [-0.1, -0.05) is 32.4 Å². The largest absolute Gasteiger partial charge is 0.462 e. The van der Waals surface area contributed by atoms with Crippen molar-refractivity contribution in [2.75, 3.05) is 20.8 Å². The number of carbonyl (C=O) groups is 3. The zero-order valence-electron chi connectivity index (χ0n) is 27.8. The smallest absolute Gasteiger partial charge is 0.338 e. The molecule has 2 saturated carbocycles. The van der Waals surface area contributed by atoms with Crippen LogP contribution in [0.3, 0.4) is 0 Å². The monoisotopic (exact) mass is 652 g/mol. The number of fused-ring (bicyclic) bond motifs is 8. The van der Waals surface area contributed by atoms with Gasteiger partial charge in [-0.3, -0.25) is 9.59 Å². The Bertz CT molecular complexity index is 1370. The number of cyclic esters (lactones) is 1. The highest BCUT2D eigenvalue weighted by atomic mass is 16.6. The van der Waals surface area contributed by atoms with E-state index in [0.29, 0.717) is 29.6 Å². The summed E-state index contributed by atoms with van der Waals surface area (Å²) in [4.78, 5) is 49.5. The van der Waals surface area contributed by atoms with E-state index in [-0.39, 0.29) is 72.5 Å². The number of ether oxygens (including phenoxy) is 5. The van der Waals surface area contributed by atoms with Crippen LogP contribution in [0, 0.1) is 41.4 Å². The molecule has 5 unspecified atom stereocenters. The summed E-state index contributed by atoms with van der Waals surface area (Å²) in [6, 6.07) is 0. The molecule has 0 bridgehead atoms. The second-order valence-electron chi connectivity index (χ2n) is 14.0. The maximum Gasteiger partial charge on any atom is 0.338 e. The Hall–Kier alpha value is -2.99. The van der Waals surface area contributed by atoms with Gasteiger partial charge in [0.1, 0.15) is 24.6 Å². The summed E-state index contributed by atoms with van der Waals surface area (Å²) in [5, 5.41) is 10.9. The van der Waals surface area contributed by atoms with Gasteiger partial charge in [0.2, 0.25) is 0 Å². The van der Waals surface area contributed by atoms with Crippen LogP contribution in [0.1, 0.15) is 70.8 Å². The number of methoxy groups -OCH3 is 2. The van der Waals surface area contributed by atoms with Crippen LogP contribution < -0.4 is 0 Å². The Labute approximate surface area is 276 Å². The number of aliphatic hydroxyl groups is 1. The fourth-order valence-electron chi connectivity index (χ4n) is 9.02. The van der Waals surface area contributed by atoms with Crippen LogP contribution in [0.25, 0.3) is 5.57 Å². The van der Waals surface area contributed by atoms with E-state index in [0.717, 1.165) is 32.1 Å². The number of allylic oxidation sites excluding steroid dienone is 2.